The molecule has 1 amide bonds. The third-order valence-electron chi connectivity index (χ3n) is 4.20. The maximum Gasteiger partial charge on any atom is 0.274 e. The van der Waals surface area contributed by atoms with Crippen molar-refractivity contribution in [2.45, 2.75) is 45.8 Å². The zero-order chi connectivity index (χ0) is 15.7. The number of likely N-dealkylation sites (tertiary alicyclic amines) is 1. The standard InChI is InChI=1S/C15H20ClN5O/c1-3-20-13(7-8-17-20)12-6-5-9-19(12)15(22)14-11(16)10-18-21(14)4-2/h7-8,10,12H,3-6,9H2,1-2H3/t12-/m1/s1. The van der Waals surface area contributed by atoms with Crippen molar-refractivity contribution in [3.63, 3.8) is 0 Å². The molecule has 3 heterocycles. The third kappa shape index (κ3) is 2.41. The van der Waals surface area contributed by atoms with Gasteiger partial charge in [-0.05, 0) is 32.8 Å². The van der Waals surface area contributed by atoms with E-state index in [1.807, 2.05) is 22.6 Å². The van der Waals surface area contributed by atoms with E-state index >= 15 is 0 Å². The Morgan fingerprint density at radius 3 is 2.82 bits per heavy atom. The van der Waals surface area contributed by atoms with Crippen molar-refractivity contribution in [3.05, 3.63) is 34.9 Å². The summed E-state index contributed by atoms with van der Waals surface area (Å²) in [5.74, 6) is -0.0456. The lowest BCUT2D eigenvalue weighted by Crippen LogP contribution is -2.33. The molecular formula is C15H20ClN5O. The second-order valence-corrected chi connectivity index (χ2v) is 5.79. The summed E-state index contributed by atoms with van der Waals surface area (Å²) in [4.78, 5) is 14.9. The van der Waals surface area contributed by atoms with Crippen LogP contribution in [-0.2, 0) is 13.1 Å². The Balaban J connectivity index is 1.93. The van der Waals surface area contributed by atoms with E-state index in [-0.39, 0.29) is 11.9 Å². The monoisotopic (exact) mass is 321 g/mol. The van der Waals surface area contributed by atoms with Gasteiger partial charge in [-0.3, -0.25) is 14.2 Å². The second kappa shape index (κ2) is 6.12. The van der Waals surface area contributed by atoms with Crippen LogP contribution in [0.2, 0.25) is 5.02 Å². The third-order valence-corrected chi connectivity index (χ3v) is 4.48. The fraction of sp³-hybridized carbons (Fsp3) is 0.533. The van der Waals surface area contributed by atoms with Crippen molar-refractivity contribution in [3.8, 4) is 0 Å². The van der Waals surface area contributed by atoms with Crippen molar-refractivity contribution >= 4 is 17.5 Å². The van der Waals surface area contributed by atoms with Gasteiger partial charge in [-0.1, -0.05) is 11.6 Å². The minimum absolute atomic E-state index is 0.0456. The molecule has 2 aromatic heterocycles. The smallest absolute Gasteiger partial charge is 0.274 e. The Labute approximate surface area is 134 Å². The molecule has 0 aliphatic carbocycles. The van der Waals surface area contributed by atoms with Crippen LogP contribution in [0.3, 0.4) is 0 Å². The van der Waals surface area contributed by atoms with Crippen LogP contribution in [0.25, 0.3) is 0 Å². The van der Waals surface area contributed by atoms with Gasteiger partial charge in [0.1, 0.15) is 5.69 Å². The highest BCUT2D eigenvalue weighted by Gasteiger charge is 2.34. The maximum atomic E-state index is 13.0. The van der Waals surface area contributed by atoms with Gasteiger partial charge >= 0.3 is 0 Å². The average Bonchev–Trinajstić information content (AvgIpc) is 3.24. The van der Waals surface area contributed by atoms with Gasteiger partial charge in [0, 0.05) is 25.8 Å². The SMILES string of the molecule is CCn1nccc1[C@H]1CCCN1C(=O)c1c(Cl)cnn1CC. The van der Waals surface area contributed by atoms with Crippen LogP contribution in [0.5, 0.6) is 0 Å². The molecule has 0 spiro atoms. The largest absolute Gasteiger partial charge is 0.329 e. The normalized spacial score (nSPS) is 18.1. The Kier molecular flexibility index (Phi) is 4.20. The van der Waals surface area contributed by atoms with Gasteiger partial charge < -0.3 is 4.90 Å². The Hall–Kier alpha value is -1.82. The molecule has 0 saturated carbocycles. The molecule has 3 rings (SSSR count). The first kappa shape index (κ1) is 15.1. The zero-order valence-corrected chi connectivity index (χ0v) is 13.6. The number of amides is 1. The van der Waals surface area contributed by atoms with E-state index in [4.69, 9.17) is 11.6 Å². The van der Waals surface area contributed by atoms with Crippen molar-refractivity contribution in [2.24, 2.45) is 0 Å². The molecule has 118 valence electrons. The van der Waals surface area contributed by atoms with Gasteiger partial charge in [-0.2, -0.15) is 10.2 Å². The summed E-state index contributed by atoms with van der Waals surface area (Å²) < 4.78 is 3.62. The average molecular weight is 322 g/mol. The summed E-state index contributed by atoms with van der Waals surface area (Å²) in [5, 5.41) is 8.91. The first-order valence-electron chi connectivity index (χ1n) is 7.71. The van der Waals surface area contributed by atoms with E-state index in [1.165, 1.54) is 0 Å². The lowest BCUT2D eigenvalue weighted by molar-refractivity contribution is 0.0717. The van der Waals surface area contributed by atoms with E-state index in [1.54, 1.807) is 17.1 Å². The molecule has 2 aromatic rings. The molecule has 1 atom stereocenters. The van der Waals surface area contributed by atoms with Gasteiger partial charge in [-0.25, -0.2) is 0 Å². The molecule has 1 aliphatic heterocycles. The van der Waals surface area contributed by atoms with Crippen LogP contribution in [0.1, 0.15) is 48.9 Å². The Morgan fingerprint density at radius 2 is 2.09 bits per heavy atom. The van der Waals surface area contributed by atoms with Gasteiger partial charge in [0.2, 0.25) is 0 Å². The number of halogens is 1. The van der Waals surface area contributed by atoms with E-state index in [0.29, 0.717) is 17.3 Å². The molecule has 1 saturated heterocycles. The Bertz CT molecular complexity index is 677. The molecule has 22 heavy (non-hydrogen) atoms. The van der Waals surface area contributed by atoms with Crippen molar-refractivity contribution in [2.75, 3.05) is 6.54 Å². The second-order valence-electron chi connectivity index (χ2n) is 5.39. The van der Waals surface area contributed by atoms with Crippen molar-refractivity contribution in [1.29, 1.82) is 0 Å². The van der Waals surface area contributed by atoms with Gasteiger partial charge in [0.25, 0.3) is 5.91 Å². The predicted octanol–water partition coefficient (Wildman–Crippen LogP) is 2.75. The highest BCUT2D eigenvalue weighted by Crippen LogP contribution is 2.34. The highest BCUT2D eigenvalue weighted by molar-refractivity contribution is 6.33. The molecule has 0 radical (unpaired) electrons. The molecule has 6 nitrogen and oxygen atoms in total. The molecule has 0 aromatic carbocycles. The number of nitrogens with zero attached hydrogens (tertiary/aromatic N) is 5. The van der Waals surface area contributed by atoms with E-state index < -0.39 is 0 Å². The number of aromatic nitrogens is 4. The number of hydrogen-bond donors (Lipinski definition) is 0. The summed E-state index contributed by atoms with van der Waals surface area (Å²) in [6, 6.07) is 2.06. The molecule has 7 heteroatoms. The molecule has 1 fully saturated rings. The van der Waals surface area contributed by atoms with Crippen LogP contribution in [0.15, 0.2) is 18.5 Å². The number of hydrogen-bond acceptors (Lipinski definition) is 3. The summed E-state index contributed by atoms with van der Waals surface area (Å²) in [5.41, 5.74) is 1.57. The Morgan fingerprint density at radius 1 is 1.32 bits per heavy atom. The number of rotatable bonds is 4. The van der Waals surface area contributed by atoms with Crippen LogP contribution in [0.4, 0.5) is 0 Å². The summed E-state index contributed by atoms with van der Waals surface area (Å²) in [6.07, 6.45) is 5.28. The summed E-state index contributed by atoms with van der Waals surface area (Å²) in [6.45, 7) is 6.17. The number of carbonyl (C=O) groups is 1. The van der Waals surface area contributed by atoms with Gasteiger partial charge in [0.15, 0.2) is 0 Å². The minimum atomic E-state index is -0.0456. The van der Waals surface area contributed by atoms with Crippen LogP contribution >= 0.6 is 11.6 Å². The zero-order valence-electron chi connectivity index (χ0n) is 12.9. The molecule has 0 bridgehead atoms. The lowest BCUT2D eigenvalue weighted by Gasteiger charge is -2.25. The highest BCUT2D eigenvalue weighted by atomic mass is 35.5. The first-order valence-corrected chi connectivity index (χ1v) is 8.09. The lowest BCUT2D eigenvalue weighted by atomic mass is 10.1. The van der Waals surface area contributed by atoms with Crippen molar-refractivity contribution in [1.82, 2.24) is 24.5 Å². The molecular weight excluding hydrogens is 302 g/mol. The number of carbonyl (C=O) groups excluding carboxylic acids is 1. The first-order chi connectivity index (χ1) is 10.7. The predicted molar refractivity (Wildman–Crippen MR) is 83.8 cm³/mol. The molecule has 0 N–H and O–H groups in total. The van der Waals surface area contributed by atoms with Crippen LogP contribution in [-0.4, -0.2) is 36.9 Å². The molecule has 0 unspecified atom stereocenters. The minimum Gasteiger partial charge on any atom is -0.329 e. The van der Waals surface area contributed by atoms with Gasteiger partial charge in [-0.15, -0.1) is 0 Å². The fourth-order valence-corrected chi connectivity index (χ4v) is 3.38. The van der Waals surface area contributed by atoms with Gasteiger partial charge in [0.05, 0.1) is 23.0 Å². The van der Waals surface area contributed by atoms with Crippen molar-refractivity contribution < 1.29 is 4.79 Å². The fourth-order valence-electron chi connectivity index (χ4n) is 3.16. The van der Waals surface area contributed by atoms with E-state index in [0.717, 1.165) is 31.6 Å². The summed E-state index contributed by atoms with van der Waals surface area (Å²) in [7, 11) is 0. The van der Waals surface area contributed by atoms with E-state index in [2.05, 4.69) is 17.1 Å². The van der Waals surface area contributed by atoms with E-state index in [9.17, 15) is 4.79 Å². The topological polar surface area (TPSA) is 56.0 Å². The molecule has 1 aliphatic rings. The summed E-state index contributed by atoms with van der Waals surface area (Å²) >= 11 is 6.18. The maximum absolute atomic E-state index is 13.0. The quantitative estimate of drug-likeness (QED) is 0.870. The number of aryl methyl sites for hydroxylation is 2. The van der Waals surface area contributed by atoms with Crippen LogP contribution < -0.4 is 0 Å². The van der Waals surface area contributed by atoms with Crippen LogP contribution in [0, 0.1) is 0 Å².